The summed E-state index contributed by atoms with van der Waals surface area (Å²) < 4.78 is 15.9. The van der Waals surface area contributed by atoms with Gasteiger partial charge < -0.3 is 9.45 Å². The second-order valence-electron chi connectivity index (χ2n) is 7.57. The molecule has 0 N–H and O–H groups in total. The summed E-state index contributed by atoms with van der Waals surface area (Å²) in [5.41, 5.74) is 3.43. The van der Waals surface area contributed by atoms with Gasteiger partial charge in [0.15, 0.2) is 11.3 Å². The van der Waals surface area contributed by atoms with Gasteiger partial charge in [0.2, 0.25) is 5.95 Å². The quantitative estimate of drug-likeness (QED) is 0.318. The third-order valence-corrected chi connectivity index (χ3v) is 6.46. The number of rotatable bonds is 8. The molecule has 1 aromatic carbocycles. The highest BCUT2D eigenvalue weighted by Crippen LogP contribution is 2.25. The summed E-state index contributed by atoms with van der Waals surface area (Å²) in [4.78, 5) is 29.0. The second-order valence-corrected chi connectivity index (χ2v) is 9.04. The van der Waals surface area contributed by atoms with Gasteiger partial charge in [0.25, 0.3) is 0 Å². The Kier molecular flexibility index (Phi) is 5.66. The lowest BCUT2D eigenvalue weighted by Gasteiger charge is -2.14. The van der Waals surface area contributed by atoms with Gasteiger partial charge in [0.1, 0.15) is 11.3 Å². The van der Waals surface area contributed by atoms with E-state index < -0.39 is 11.2 Å². The normalized spacial score (nSPS) is 12.8. The van der Waals surface area contributed by atoms with Crippen LogP contribution in [0.4, 0.5) is 5.95 Å². The minimum Gasteiger partial charge on any atom is -0.609 e. The standard InChI is InChI=1S/C21H26N6O2S/c1-5-11-25(4)20-23-17-16-18(24-19(22-17)30(29)12-6-2)26(21(28)27(16)20)13-15-9-7-14(3)8-10-15/h7-10H,5-6,11-13H2,1-4H3/t30-/m0/s1. The third kappa shape index (κ3) is 3.52. The van der Waals surface area contributed by atoms with Crippen LogP contribution >= 0.6 is 0 Å². The van der Waals surface area contributed by atoms with Crippen LogP contribution in [0.3, 0.4) is 0 Å². The number of anilines is 1. The fourth-order valence-electron chi connectivity index (χ4n) is 3.60. The van der Waals surface area contributed by atoms with Crippen LogP contribution in [0.15, 0.2) is 34.2 Å². The molecule has 158 valence electrons. The Morgan fingerprint density at radius 3 is 2.50 bits per heavy atom. The zero-order valence-electron chi connectivity index (χ0n) is 17.8. The Morgan fingerprint density at radius 2 is 1.83 bits per heavy atom. The predicted molar refractivity (Wildman–Crippen MR) is 119 cm³/mol. The lowest BCUT2D eigenvalue weighted by atomic mass is 10.1. The monoisotopic (exact) mass is 426 g/mol. The predicted octanol–water partition coefficient (Wildman–Crippen LogP) is 2.60. The highest BCUT2D eigenvalue weighted by Gasteiger charge is 2.27. The van der Waals surface area contributed by atoms with Gasteiger partial charge in [-0.05, 0) is 25.3 Å². The fraction of sp³-hybridized carbons (Fsp3) is 0.429. The lowest BCUT2D eigenvalue weighted by molar-refractivity contribution is 0.585. The van der Waals surface area contributed by atoms with Crippen molar-refractivity contribution in [2.45, 2.75) is 45.3 Å². The topological polar surface area (TPSA) is 91.4 Å². The molecule has 0 aliphatic rings. The smallest absolute Gasteiger partial charge is 0.346 e. The van der Waals surface area contributed by atoms with Gasteiger partial charge in [-0.1, -0.05) is 43.7 Å². The van der Waals surface area contributed by atoms with E-state index in [1.807, 2.05) is 50.1 Å². The molecule has 3 aromatic heterocycles. The molecule has 8 nitrogen and oxygen atoms in total. The molecule has 3 heterocycles. The SMILES string of the molecule is CCCN(C)c1nc2nc([S@@+]([O-])CCC)nc3c2n1c(=O)n3Cc1ccc(C)cc1. The fourth-order valence-corrected chi connectivity index (χ4v) is 4.53. The summed E-state index contributed by atoms with van der Waals surface area (Å²) in [5.74, 6) is 1.01. The molecule has 1 atom stereocenters. The van der Waals surface area contributed by atoms with Gasteiger partial charge in [-0.3, -0.25) is 4.57 Å². The Labute approximate surface area is 178 Å². The van der Waals surface area contributed by atoms with Crippen LogP contribution in [0.2, 0.25) is 0 Å². The molecule has 0 bridgehead atoms. The maximum absolute atomic E-state index is 13.4. The first-order valence-electron chi connectivity index (χ1n) is 10.2. The minimum absolute atomic E-state index is 0.209. The first kappa shape index (κ1) is 20.6. The van der Waals surface area contributed by atoms with E-state index in [0.29, 0.717) is 35.1 Å². The van der Waals surface area contributed by atoms with E-state index in [1.54, 1.807) is 8.97 Å². The molecule has 0 aliphatic carbocycles. The molecule has 0 unspecified atom stereocenters. The van der Waals surface area contributed by atoms with Crippen LogP contribution in [-0.4, -0.2) is 47.8 Å². The maximum atomic E-state index is 13.4. The first-order chi connectivity index (χ1) is 14.4. The molecular weight excluding hydrogens is 400 g/mol. The number of nitrogens with zero attached hydrogens (tertiary/aromatic N) is 6. The van der Waals surface area contributed by atoms with Crippen LogP contribution in [-0.2, 0) is 17.7 Å². The number of imidazole rings is 2. The molecule has 0 aliphatic heterocycles. The van der Waals surface area contributed by atoms with E-state index >= 15 is 0 Å². The maximum Gasteiger partial charge on any atom is 0.346 e. The van der Waals surface area contributed by atoms with Gasteiger partial charge in [0, 0.05) is 24.8 Å². The van der Waals surface area contributed by atoms with Crippen molar-refractivity contribution in [2.75, 3.05) is 24.2 Å². The van der Waals surface area contributed by atoms with Crippen LogP contribution in [0.25, 0.3) is 16.8 Å². The Balaban J connectivity index is 1.94. The largest absolute Gasteiger partial charge is 0.609 e. The van der Waals surface area contributed by atoms with Crippen LogP contribution in [0, 0.1) is 6.92 Å². The van der Waals surface area contributed by atoms with E-state index in [2.05, 4.69) is 21.9 Å². The molecule has 0 radical (unpaired) electrons. The third-order valence-electron chi connectivity index (χ3n) is 5.09. The molecule has 0 spiro atoms. The van der Waals surface area contributed by atoms with Crippen molar-refractivity contribution >= 4 is 33.9 Å². The summed E-state index contributed by atoms with van der Waals surface area (Å²) in [6.45, 7) is 7.21. The number of hydrogen-bond donors (Lipinski definition) is 0. The van der Waals surface area contributed by atoms with Crippen molar-refractivity contribution < 1.29 is 4.55 Å². The van der Waals surface area contributed by atoms with Crippen molar-refractivity contribution in [3.05, 3.63) is 45.9 Å². The molecule has 4 rings (SSSR count). The van der Waals surface area contributed by atoms with E-state index in [4.69, 9.17) is 0 Å². The average molecular weight is 427 g/mol. The summed E-state index contributed by atoms with van der Waals surface area (Å²) in [6.07, 6.45) is 1.68. The minimum atomic E-state index is -1.33. The molecule has 4 aromatic rings. The molecule has 9 heteroatoms. The molecular formula is C21H26N6O2S. The zero-order chi connectivity index (χ0) is 21.4. The lowest BCUT2D eigenvalue weighted by Crippen LogP contribution is -2.27. The van der Waals surface area contributed by atoms with E-state index in [1.165, 1.54) is 0 Å². The molecule has 0 saturated heterocycles. The Hall–Kier alpha value is -2.65. The highest BCUT2D eigenvalue weighted by molar-refractivity contribution is 7.91. The van der Waals surface area contributed by atoms with Crippen LogP contribution in [0.1, 0.15) is 37.8 Å². The summed E-state index contributed by atoms with van der Waals surface area (Å²) in [5, 5.41) is 0.234. The first-order valence-corrected chi connectivity index (χ1v) is 11.5. The summed E-state index contributed by atoms with van der Waals surface area (Å²) in [7, 11) is 1.91. The van der Waals surface area contributed by atoms with Crippen LogP contribution < -0.4 is 10.6 Å². The van der Waals surface area contributed by atoms with Crippen molar-refractivity contribution in [3.8, 4) is 0 Å². The molecule has 0 saturated carbocycles. The van der Waals surface area contributed by atoms with E-state index in [0.717, 1.165) is 30.5 Å². The van der Waals surface area contributed by atoms with Crippen molar-refractivity contribution in [1.82, 2.24) is 23.9 Å². The van der Waals surface area contributed by atoms with Gasteiger partial charge in [-0.15, -0.1) is 0 Å². The van der Waals surface area contributed by atoms with Crippen molar-refractivity contribution in [3.63, 3.8) is 0 Å². The Morgan fingerprint density at radius 1 is 1.10 bits per heavy atom. The molecule has 0 fully saturated rings. The Bertz CT molecular complexity index is 1220. The van der Waals surface area contributed by atoms with Crippen LogP contribution in [0.5, 0.6) is 0 Å². The second kappa shape index (κ2) is 8.23. The number of benzene rings is 1. The van der Waals surface area contributed by atoms with Gasteiger partial charge in [-0.2, -0.15) is 15.0 Å². The van der Waals surface area contributed by atoms with Gasteiger partial charge >= 0.3 is 10.8 Å². The average Bonchev–Trinajstić information content (AvgIpc) is 3.24. The number of aromatic nitrogens is 5. The van der Waals surface area contributed by atoms with E-state index in [-0.39, 0.29) is 10.8 Å². The van der Waals surface area contributed by atoms with Gasteiger partial charge in [0.05, 0.1) is 6.54 Å². The number of hydrogen-bond acceptors (Lipinski definition) is 6. The summed E-state index contributed by atoms with van der Waals surface area (Å²) >= 11 is -1.33. The molecule has 0 amide bonds. The van der Waals surface area contributed by atoms with E-state index in [9.17, 15) is 9.35 Å². The van der Waals surface area contributed by atoms with Crippen molar-refractivity contribution in [1.29, 1.82) is 0 Å². The number of aryl methyl sites for hydroxylation is 1. The molecule has 30 heavy (non-hydrogen) atoms. The van der Waals surface area contributed by atoms with Crippen molar-refractivity contribution in [2.24, 2.45) is 0 Å². The zero-order valence-corrected chi connectivity index (χ0v) is 18.6. The summed E-state index contributed by atoms with van der Waals surface area (Å²) in [6, 6.07) is 8.06. The highest BCUT2D eigenvalue weighted by atomic mass is 32.2. The van der Waals surface area contributed by atoms with Gasteiger partial charge in [-0.25, -0.2) is 9.20 Å².